The highest BCUT2D eigenvalue weighted by Crippen LogP contribution is 2.27. The van der Waals surface area contributed by atoms with Gasteiger partial charge in [0.25, 0.3) is 11.6 Å². The Labute approximate surface area is 196 Å². The number of ether oxygens (including phenoxy) is 1. The van der Waals surface area contributed by atoms with E-state index in [1.165, 1.54) is 37.3 Å². The van der Waals surface area contributed by atoms with Crippen LogP contribution in [0.5, 0.6) is 11.5 Å². The normalized spacial score (nSPS) is 12.2. The smallest absolute Gasteiger partial charge is 0.278 e. The maximum atomic E-state index is 12.6. The summed E-state index contributed by atoms with van der Waals surface area (Å²) in [6.07, 6.45) is 2.12. The summed E-state index contributed by atoms with van der Waals surface area (Å²) in [6, 6.07) is 20.1. The maximum Gasteiger partial charge on any atom is 0.278 e. The third-order valence-corrected chi connectivity index (χ3v) is 5.91. The molecule has 3 rings (SSSR count). The molecular formula is C23H22N4O6S. The summed E-state index contributed by atoms with van der Waals surface area (Å²) in [5, 5.41) is 14.8. The van der Waals surface area contributed by atoms with Crippen LogP contribution in [0.1, 0.15) is 12.5 Å². The van der Waals surface area contributed by atoms with Crippen LogP contribution < -0.4 is 14.5 Å². The fraction of sp³-hybridized carbons (Fsp3) is 0.130. The third-order valence-electron chi connectivity index (χ3n) is 4.67. The zero-order chi connectivity index (χ0) is 24.7. The van der Waals surface area contributed by atoms with Gasteiger partial charge in [-0.05, 0) is 49.4 Å². The first kappa shape index (κ1) is 24.4. The molecule has 1 amide bonds. The molecule has 176 valence electrons. The van der Waals surface area contributed by atoms with Crippen molar-refractivity contribution in [3.05, 3.63) is 94.5 Å². The van der Waals surface area contributed by atoms with E-state index < -0.39 is 26.9 Å². The van der Waals surface area contributed by atoms with E-state index in [1.54, 1.807) is 30.3 Å². The van der Waals surface area contributed by atoms with Crippen LogP contribution in [-0.2, 0) is 14.8 Å². The van der Waals surface area contributed by atoms with E-state index in [0.29, 0.717) is 11.5 Å². The van der Waals surface area contributed by atoms with Crippen LogP contribution in [-0.4, -0.2) is 37.8 Å². The molecule has 0 fully saturated rings. The lowest BCUT2D eigenvalue weighted by atomic mass is 10.2. The molecule has 0 spiro atoms. The molecule has 34 heavy (non-hydrogen) atoms. The Bertz CT molecular complexity index is 1290. The van der Waals surface area contributed by atoms with E-state index in [9.17, 15) is 23.3 Å². The molecule has 1 atom stereocenters. The Morgan fingerprint density at radius 1 is 1.03 bits per heavy atom. The molecule has 0 bridgehead atoms. The van der Waals surface area contributed by atoms with Crippen LogP contribution in [0.4, 0.5) is 11.4 Å². The van der Waals surface area contributed by atoms with Gasteiger partial charge in [-0.15, -0.1) is 0 Å². The number of carbonyl (C=O) groups excluding carboxylic acids is 1. The number of benzene rings is 3. The zero-order valence-electron chi connectivity index (χ0n) is 18.4. The highest BCUT2D eigenvalue weighted by molar-refractivity contribution is 7.92. The minimum atomic E-state index is -3.84. The number of nitro groups is 1. The van der Waals surface area contributed by atoms with Crippen molar-refractivity contribution in [3.63, 3.8) is 0 Å². The number of carbonyl (C=O) groups is 1. The van der Waals surface area contributed by atoms with Crippen LogP contribution >= 0.6 is 0 Å². The van der Waals surface area contributed by atoms with Gasteiger partial charge in [-0.3, -0.25) is 19.2 Å². The monoisotopic (exact) mass is 482 g/mol. The molecule has 0 saturated carbocycles. The van der Waals surface area contributed by atoms with Gasteiger partial charge < -0.3 is 4.74 Å². The fourth-order valence-corrected chi connectivity index (χ4v) is 4.29. The number of hydrogen-bond donors (Lipinski definition) is 1. The minimum absolute atomic E-state index is 0.177. The van der Waals surface area contributed by atoms with Gasteiger partial charge in [0.05, 0.1) is 28.6 Å². The lowest BCUT2D eigenvalue weighted by molar-refractivity contribution is -0.385. The Hall–Kier alpha value is -4.25. The maximum absolute atomic E-state index is 12.6. The second-order valence-electron chi connectivity index (χ2n) is 7.19. The van der Waals surface area contributed by atoms with Crippen LogP contribution in [0.15, 0.2) is 84.0 Å². The summed E-state index contributed by atoms with van der Waals surface area (Å²) in [5.74, 6) is 0.402. The number of sulfonamides is 1. The summed E-state index contributed by atoms with van der Waals surface area (Å²) in [4.78, 5) is 23.1. The molecule has 0 saturated heterocycles. The van der Waals surface area contributed by atoms with E-state index in [1.807, 2.05) is 18.2 Å². The molecule has 0 radical (unpaired) electrons. The molecule has 11 heteroatoms. The van der Waals surface area contributed by atoms with Crippen molar-refractivity contribution in [2.24, 2.45) is 5.10 Å². The molecule has 0 heterocycles. The number of nitrogens with zero attached hydrogens (tertiary/aromatic N) is 3. The summed E-state index contributed by atoms with van der Waals surface area (Å²) >= 11 is 0. The predicted octanol–water partition coefficient (Wildman–Crippen LogP) is 3.69. The van der Waals surface area contributed by atoms with E-state index in [0.717, 1.165) is 16.8 Å². The molecule has 3 aromatic carbocycles. The van der Waals surface area contributed by atoms with Gasteiger partial charge in [-0.1, -0.05) is 30.3 Å². The van der Waals surface area contributed by atoms with Gasteiger partial charge in [-0.2, -0.15) is 5.10 Å². The van der Waals surface area contributed by atoms with Crippen LogP contribution in [0.2, 0.25) is 0 Å². The molecule has 10 nitrogen and oxygen atoms in total. The summed E-state index contributed by atoms with van der Waals surface area (Å²) < 4.78 is 31.6. The van der Waals surface area contributed by atoms with Gasteiger partial charge >= 0.3 is 0 Å². The Kier molecular flexibility index (Phi) is 7.59. The number of rotatable bonds is 9. The molecule has 0 unspecified atom stereocenters. The summed E-state index contributed by atoms with van der Waals surface area (Å²) in [6.45, 7) is 1.41. The van der Waals surface area contributed by atoms with Crippen molar-refractivity contribution in [3.8, 4) is 11.5 Å². The Morgan fingerprint density at radius 2 is 1.62 bits per heavy atom. The van der Waals surface area contributed by atoms with E-state index in [2.05, 4.69) is 10.5 Å². The van der Waals surface area contributed by atoms with Gasteiger partial charge in [0, 0.05) is 6.07 Å². The second kappa shape index (κ2) is 10.6. The SMILES string of the molecule is C[C@H](C(=O)N/N=C\c1ccccc1[N+](=O)[O-])N(c1ccc(Oc2ccccc2)cc1)S(C)(=O)=O. The van der Waals surface area contributed by atoms with Crippen LogP contribution in [0.3, 0.4) is 0 Å². The molecule has 1 N–H and O–H groups in total. The lowest BCUT2D eigenvalue weighted by Crippen LogP contribution is -2.46. The molecule has 0 aliphatic heterocycles. The minimum Gasteiger partial charge on any atom is -0.457 e. The van der Waals surface area contributed by atoms with E-state index in [-0.39, 0.29) is 16.9 Å². The lowest BCUT2D eigenvalue weighted by Gasteiger charge is -2.27. The van der Waals surface area contributed by atoms with Crippen molar-refractivity contribution in [1.82, 2.24) is 5.43 Å². The number of nitro benzene ring substituents is 1. The standard InChI is InChI=1S/C23H22N4O6S/c1-17(23(28)25-24-16-18-8-6-7-11-22(18)27(29)30)26(34(2,31)32)19-12-14-21(15-13-19)33-20-9-4-3-5-10-20/h3-17H,1-2H3,(H,25,28)/b24-16-/t17-/m1/s1. The quantitative estimate of drug-likeness (QED) is 0.281. The molecule has 0 aliphatic carbocycles. The summed E-state index contributed by atoms with van der Waals surface area (Å²) in [5.41, 5.74) is 2.51. The molecular weight excluding hydrogens is 460 g/mol. The summed E-state index contributed by atoms with van der Waals surface area (Å²) in [7, 11) is -3.84. The number of hydrazone groups is 1. The Morgan fingerprint density at radius 3 is 2.24 bits per heavy atom. The number of amides is 1. The number of nitrogens with one attached hydrogen (secondary N) is 1. The van der Waals surface area contributed by atoms with Crippen molar-refractivity contribution in [2.75, 3.05) is 10.6 Å². The number of hydrogen-bond acceptors (Lipinski definition) is 7. The third kappa shape index (κ3) is 6.17. The van der Waals surface area contributed by atoms with Crippen LogP contribution in [0, 0.1) is 10.1 Å². The first-order valence-corrected chi connectivity index (χ1v) is 11.9. The van der Waals surface area contributed by atoms with Crippen LogP contribution in [0.25, 0.3) is 0 Å². The van der Waals surface area contributed by atoms with Crippen molar-refractivity contribution in [1.29, 1.82) is 0 Å². The average Bonchev–Trinajstić information content (AvgIpc) is 2.80. The van der Waals surface area contributed by atoms with Crippen molar-refractivity contribution < 1.29 is 22.9 Å². The van der Waals surface area contributed by atoms with Gasteiger partial charge in [0.1, 0.15) is 17.5 Å². The highest BCUT2D eigenvalue weighted by Gasteiger charge is 2.29. The largest absolute Gasteiger partial charge is 0.457 e. The average molecular weight is 483 g/mol. The first-order valence-electron chi connectivity index (χ1n) is 10.1. The topological polar surface area (TPSA) is 131 Å². The van der Waals surface area contributed by atoms with Gasteiger partial charge in [0.2, 0.25) is 10.0 Å². The van der Waals surface area contributed by atoms with Crippen molar-refractivity contribution >= 4 is 33.5 Å². The van der Waals surface area contributed by atoms with Crippen molar-refractivity contribution in [2.45, 2.75) is 13.0 Å². The molecule has 0 aliphatic rings. The van der Waals surface area contributed by atoms with E-state index in [4.69, 9.17) is 4.74 Å². The zero-order valence-corrected chi connectivity index (χ0v) is 19.2. The Balaban J connectivity index is 1.75. The fourth-order valence-electron chi connectivity index (χ4n) is 3.12. The van der Waals surface area contributed by atoms with Gasteiger partial charge in [0.15, 0.2) is 0 Å². The van der Waals surface area contributed by atoms with E-state index >= 15 is 0 Å². The predicted molar refractivity (Wildman–Crippen MR) is 129 cm³/mol. The molecule has 0 aromatic heterocycles. The molecule has 3 aromatic rings. The second-order valence-corrected chi connectivity index (χ2v) is 9.05. The highest BCUT2D eigenvalue weighted by atomic mass is 32.2. The van der Waals surface area contributed by atoms with Gasteiger partial charge in [-0.25, -0.2) is 13.8 Å². The number of anilines is 1. The first-order chi connectivity index (χ1) is 16.2. The number of para-hydroxylation sites is 2.